The van der Waals surface area contributed by atoms with Crippen LogP contribution in [0.15, 0.2) is 36.4 Å². The Morgan fingerprint density at radius 1 is 1.03 bits per heavy atom. The van der Waals surface area contributed by atoms with Crippen molar-refractivity contribution in [3.05, 3.63) is 68.7 Å². The first kappa shape index (κ1) is 24.2. The molecular weight excluding hydrogens is 419 g/mol. The molecule has 2 aromatic carbocycles. The number of rotatable bonds is 8. The Bertz CT molecular complexity index is 894. The van der Waals surface area contributed by atoms with E-state index < -0.39 is 6.04 Å². The molecule has 0 unspecified atom stereocenters. The molecule has 1 N–H and O–H groups in total. The minimum atomic E-state index is -0.662. The van der Waals surface area contributed by atoms with E-state index in [1.807, 2.05) is 45.9 Å². The number of aryl methyl sites for hydroxylation is 2. The second-order valence-electron chi connectivity index (χ2n) is 7.81. The van der Waals surface area contributed by atoms with Crippen LogP contribution < -0.4 is 5.32 Å². The molecule has 2 amide bonds. The van der Waals surface area contributed by atoms with Gasteiger partial charge in [-0.25, -0.2) is 0 Å². The maximum atomic E-state index is 13.3. The molecule has 0 aliphatic carbocycles. The molecule has 4 nitrogen and oxygen atoms in total. The van der Waals surface area contributed by atoms with E-state index >= 15 is 0 Å². The minimum Gasteiger partial charge on any atom is -0.352 e. The van der Waals surface area contributed by atoms with Crippen LogP contribution in [-0.4, -0.2) is 28.8 Å². The standard InChI is InChI=1S/C24H30Cl2N2O2/c1-6-17(4)27-24(30)18(5)28(14-20-21(25)8-7-9-22(20)26)23(29)13-19-11-10-15(2)16(3)12-19/h7-12,17-18H,6,13-14H2,1-5H3,(H,27,30)/t17-,18+/m0/s1. The van der Waals surface area contributed by atoms with Crippen molar-refractivity contribution in [2.45, 2.75) is 66.1 Å². The van der Waals surface area contributed by atoms with Crippen molar-refractivity contribution in [2.75, 3.05) is 0 Å². The fourth-order valence-corrected chi connectivity index (χ4v) is 3.61. The van der Waals surface area contributed by atoms with Crippen molar-refractivity contribution >= 4 is 35.0 Å². The van der Waals surface area contributed by atoms with E-state index in [0.717, 1.165) is 17.5 Å². The fourth-order valence-electron chi connectivity index (χ4n) is 3.09. The van der Waals surface area contributed by atoms with Crippen LogP contribution in [-0.2, 0) is 22.6 Å². The number of nitrogens with one attached hydrogen (secondary N) is 1. The summed E-state index contributed by atoms with van der Waals surface area (Å²) in [5.41, 5.74) is 3.85. The fraction of sp³-hybridized carbons (Fsp3) is 0.417. The second-order valence-corrected chi connectivity index (χ2v) is 8.63. The van der Waals surface area contributed by atoms with Gasteiger partial charge in [-0.2, -0.15) is 0 Å². The molecule has 0 heterocycles. The van der Waals surface area contributed by atoms with Crippen LogP contribution in [0.25, 0.3) is 0 Å². The Balaban J connectivity index is 2.32. The van der Waals surface area contributed by atoms with Gasteiger partial charge in [-0.15, -0.1) is 0 Å². The highest BCUT2D eigenvalue weighted by Gasteiger charge is 2.28. The normalized spacial score (nSPS) is 12.9. The SMILES string of the molecule is CC[C@H](C)NC(=O)[C@@H](C)N(Cc1c(Cl)cccc1Cl)C(=O)Cc1ccc(C)c(C)c1. The second kappa shape index (κ2) is 10.8. The first-order valence-electron chi connectivity index (χ1n) is 10.2. The molecule has 0 aliphatic rings. The summed E-state index contributed by atoms with van der Waals surface area (Å²) in [5, 5.41) is 3.91. The molecule has 0 spiro atoms. The summed E-state index contributed by atoms with van der Waals surface area (Å²) in [4.78, 5) is 27.7. The maximum Gasteiger partial charge on any atom is 0.242 e. The van der Waals surface area contributed by atoms with Gasteiger partial charge in [0, 0.05) is 28.2 Å². The van der Waals surface area contributed by atoms with Crippen molar-refractivity contribution in [3.63, 3.8) is 0 Å². The first-order valence-corrected chi connectivity index (χ1v) is 11.0. The Morgan fingerprint density at radius 2 is 1.67 bits per heavy atom. The van der Waals surface area contributed by atoms with Gasteiger partial charge >= 0.3 is 0 Å². The Morgan fingerprint density at radius 3 is 2.23 bits per heavy atom. The van der Waals surface area contributed by atoms with E-state index in [9.17, 15) is 9.59 Å². The average Bonchev–Trinajstić information content (AvgIpc) is 2.69. The molecule has 0 saturated carbocycles. The van der Waals surface area contributed by atoms with Crippen molar-refractivity contribution < 1.29 is 9.59 Å². The molecule has 30 heavy (non-hydrogen) atoms. The summed E-state index contributed by atoms with van der Waals surface area (Å²) < 4.78 is 0. The summed E-state index contributed by atoms with van der Waals surface area (Å²) in [5.74, 6) is -0.345. The quantitative estimate of drug-likeness (QED) is 0.580. The van der Waals surface area contributed by atoms with E-state index in [4.69, 9.17) is 23.2 Å². The third-order valence-electron chi connectivity index (χ3n) is 5.49. The van der Waals surface area contributed by atoms with Crippen LogP contribution in [0.1, 0.15) is 49.4 Å². The Kier molecular flexibility index (Phi) is 8.75. The molecule has 2 rings (SSSR count). The summed E-state index contributed by atoms with van der Waals surface area (Å²) in [6.07, 6.45) is 1.01. The molecule has 0 radical (unpaired) electrons. The number of hydrogen-bond donors (Lipinski definition) is 1. The van der Waals surface area contributed by atoms with Crippen molar-refractivity contribution in [1.82, 2.24) is 10.2 Å². The minimum absolute atomic E-state index is 0.0283. The smallest absolute Gasteiger partial charge is 0.242 e. The zero-order valence-electron chi connectivity index (χ0n) is 18.3. The molecule has 162 valence electrons. The van der Waals surface area contributed by atoms with Crippen LogP contribution in [0, 0.1) is 13.8 Å². The first-order chi connectivity index (χ1) is 14.1. The topological polar surface area (TPSA) is 49.4 Å². The number of carbonyl (C=O) groups excluding carboxylic acids is 2. The maximum absolute atomic E-state index is 13.3. The number of amides is 2. The highest BCUT2D eigenvalue weighted by Crippen LogP contribution is 2.27. The van der Waals surface area contributed by atoms with Crippen LogP contribution >= 0.6 is 23.2 Å². The number of hydrogen-bond acceptors (Lipinski definition) is 2. The van der Waals surface area contributed by atoms with Gasteiger partial charge < -0.3 is 10.2 Å². The van der Waals surface area contributed by atoms with Gasteiger partial charge in [0.2, 0.25) is 11.8 Å². The van der Waals surface area contributed by atoms with Crippen molar-refractivity contribution in [2.24, 2.45) is 0 Å². The third kappa shape index (κ3) is 6.23. The van der Waals surface area contributed by atoms with Crippen molar-refractivity contribution in [3.8, 4) is 0 Å². The zero-order chi connectivity index (χ0) is 22.4. The Hall–Kier alpha value is -2.04. The van der Waals surface area contributed by atoms with Gasteiger partial charge in [-0.3, -0.25) is 9.59 Å². The van der Waals surface area contributed by atoms with E-state index in [0.29, 0.717) is 15.6 Å². The highest BCUT2D eigenvalue weighted by molar-refractivity contribution is 6.36. The number of halogens is 2. The Labute approximate surface area is 189 Å². The summed E-state index contributed by atoms with van der Waals surface area (Å²) in [7, 11) is 0. The lowest BCUT2D eigenvalue weighted by Crippen LogP contribution is -2.50. The lowest BCUT2D eigenvalue weighted by Gasteiger charge is -2.30. The molecule has 2 atom stereocenters. The molecule has 0 aromatic heterocycles. The van der Waals surface area contributed by atoms with Crippen molar-refractivity contribution in [1.29, 1.82) is 0 Å². The van der Waals surface area contributed by atoms with Crippen LogP contribution in [0.3, 0.4) is 0 Å². The summed E-state index contributed by atoms with van der Waals surface area (Å²) >= 11 is 12.7. The van der Waals surface area contributed by atoms with Gasteiger partial charge in [-0.05, 0) is 62.9 Å². The number of benzene rings is 2. The molecule has 0 saturated heterocycles. The molecule has 0 aliphatic heterocycles. The molecule has 6 heteroatoms. The van der Waals surface area contributed by atoms with Crippen LogP contribution in [0.2, 0.25) is 10.0 Å². The van der Waals surface area contributed by atoms with Gasteiger partial charge in [0.25, 0.3) is 0 Å². The van der Waals surface area contributed by atoms with E-state index in [1.165, 1.54) is 5.56 Å². The van der Waals surface area contributed by atoms with Gasteiger partial charge in [0.05, 0.1) is 6.42 Å². The molecule has 2 aromatic rings. The summed E-state index contributed by atoms with van der Waals surface area (Å²) in [6, 6.07) is 10.6. The monoisotopic (exact) mass is 448 g/mol. The number of carbonyl (C=O) groups is 2. The predicted molar refractivity (Wildman–Crippen MR) is 124 cm³/mol. The van der Waals surface area contributed by atoms with E-state index in [1.54, 1.807) is 30.0 Å². The molecule has 0 bridgehead atoms. The zero-order valence-corrected chi connectivity index (χ0v) is 19.8. The van der Waals surface area contributed by atoms with E-state index in [2.05, 4.69) is 5.32 Å². The molecule has 0 fully saturated rings. The van der Waals surface area contributed by atoms with Gasteiger partial charge in [0.1, 0.15) is 6.04 Å². The van der Waals surface area contributed by atoms with E-state index in [-0.39, 0.29) is 30.8 Å². The van der Waals surface area contributed by atoms with Gasteiger partial charge in [-0.1, -0.05) is 54.4 Å². The number of nitrogens with zero attached hydrogens (tertiary/aromatic N) is 1. The summed E-state index contributed by atoms with van der Waals surface area (Å²) in [6.45, 7) is 9.90. The average molecular weight is 449 g/mol. The van der Waals surface area contributed by atoms with Crippen LogP contribution in [0.4, 0.5) is 0 Å². The lowest BCUT2D eigenvalue weighted by molar-refractivity contribution is -0.140. The predicted octanol–water partition coefficient (Wildman–Crippen LogP) is 5.48. The third-order valence-corrected chi connectivity index (χ3v) is 6.19. The van der Waals surface area contributed by atoms with Gasteiger partial charge in [0.15, 0.2) is 0 Å². The van der Waals surface area contributed by atoms with Crippen LogP contribution in [0.5, 0.6) is 0 Å². The highest BCUT2D eigenvalue weighted by atomic mass is 35.5. The lowest BCUT2D eigenvalue weighted by atomic mass is 10.0. The molecular formula is C24H30Cl2N2O2. The largest absolute Gasteiger partial charge is 0.352 e.